The number of aryl methyl sites for hydroxylation is 1. The molecule has 0 spiro atoms. The van der Waals surface area contributed by atoms with Crippen LogP contribution in [-0.4, -0.2) is 19.2 Å². The minimum atomic E-state index is 0.486. The Labute approximate surface area is 92.9 Å². The summed E-state index contributed by atoms with van der Waals surface area (Å²) < 4.78 is 3.53. The lowest BCUT2D eigenvalue weighted by Crippen LogP contribution is -2.13. The first kappa shape index (κ1) is 9.26. The van der Waals surface area contributed by atoms with Crippen molar-refractivity contribution >= 4 is 5.82 Å². The van der Waals surface area contributed by atoms with Gasteiger partial charge in [-0.15, -0.1) is 0 Å². The lowest BCUT2D eigenvalue weighted by Gasteiger charge is -2.04. The molecule has 0 aromatic carbocycles. The van der Waals surface area contributed by atoms with Crippen molar-refractivity contribution in [1.82, 2.24) is 19.2 Å². The van der Waals surface area contributed by atoms with Crippen molar-refractivity contribution in [2.75, 3.05) is 11.6 Å². The standard InChI is InChI=1S/C10H14N6/c1-6-14-9(10(11)16(6)12)8-4-13-5-15(8)7-2-3-7/h4-5,7H,2-3,11-12H2,1H3. The molecule has 0 atom stereocenters. The largest absolute Gasteiger partial charge is 0.382 e. The van der Waals surface area contributed by atoms with E-state index in [4.69, 9.17) is 11.6 Å². The summed E-state index contributed by atoms with van der Waals surface area (Å²) in [5.74, 6) is 6.94. The van der Waals surface area contributed by atoms with E-state index < -0.39 is 0 Å². The summed E-state index contributed by atoms with van der Waals surface area (Å²) in [6.45, 7) is 1.83. The highest BCUT2D eigenvalue weighted by atomic mass is 15.4. The number of anilines is 1. The molecule has 16 heavy (non-hydrogen) atoms. The SMILES string of the molecule is Cc1nc(-c2cncn2C2CC2)c(N)n1N. The smallest absolute Gasteiger partial charge is 0.152 e. The quantitative estimate of drug-likeness (QED) is 0.726. The summed E-state index contributed by atoms with van der Waals surface area (Å²) in [5.41, 5.74) is 7.60. The van der Waals surface area contributed by atoms with Crippen molar-refractivity contribution in [1.29, 1.82) is 0 Å². The van der Waals surface area contributed by atoms with Crippen LogP contribution in [0.25, 0.3) is 11.4 Å². The number of hydrogen-bond acceptors (Lipinski definition) is 4. The van der Waals surface area contributed by atoms with Gasteiger partial charge < -0.3 is 16.1 Å². The number of hydrogen-bond donors (Lipinski definition) is 2. The van der Waals surface area contributed by atoms with Gasteiger partial charge in [0.1, 0.15) is 11.5 Å². The molecule has 1 fully saturated rings. The van der Waals surface area contributed by atoms with Crippen molar-refractivity contribution in [3.8, 4) is 11.4 Å². The molecule has 2 aromatic rings. The Balaban J connectivity index is 2.14. The fourth-order valence-electron chi connectivity index (χ4n) is 1.88. The van der Waals surface area contributed by atoms with E-state index >= 15 is 0 Å². The Morgan fingerprint density at radius 1 is 1.44 bits per heavy atom. The molecule has 4 N–H and O–H groups in total. The van der Waals surface area contributed by atoms with Crippen molar-refractivity contribution < 1.29 is 0 Å². The second-order valence-corrected chi connectivity index (χ2v) is 4.18. The van der Waals surface area contributed by atoms with Gasteiger partial charge in [0.05, 0.1) is 18.2 Å². The van der Waals surface area contributed by atoms with Gasteiger partial charge in [-0.2, -0.15) is 0 Å². The Kier molecular flexibility index (Phi) is 1.74. The van der Waals surface area contributed by atoms with E-state index in [0.717, 1.165) is 11.4 Å². The van der Waals surface area contributed by atoms with Crippen LogP contribution in [0.5, 0.6) is 0 Å². The second kappa shape index (κ2) is 3.01. The molecule has 1 aliphatic rings. The Morgan fingerprint density at radius 2 is 2.19 bits per heavy atom. The van der Waals surface area contributed by atoms with Crippen LogP contribution in [0, 0.1) is 6.92 Å². The van der Waals surface area contributed by atoms with Gasteiger partial charge in [-0.1, -0.05) is 0 Å². The fourth-order valence-corrected chi connectivity index (χ4v) is 1.88. The zero-order chi connectivity index (χ0) is 11.3. The third kappa shape index (κ3) is 1.19. The molecule has 0 unspecified atom stereocenters. The highest BCUT2D eigenvalue weighted by molar-refractivity contribution is 5.68. The predicted octanol–water partition coefficient (Wildman–Crippen LogP) is 0.686. The normalized spacial score (nSPS) is 15.6. The van der Waals surface area contributed by atoms with E-state index in [-0.39, 0.29) is 0 Å². The first-order chi connectivity index (χ1) is 7.68. The third-order valence-corrected chi connectivity index (χ3v) is 2.97. The second-order valence-electron chi connectivity index (χ2n) is 4.18. The van der Waals surface area contributed by atoms with Crippen LogP contribution >= 0.6 is 0 Å². The van der Waals surface area contributed by atoms with Gasteiger partial charge >= 0.3 is 0 Å². The molecule has 1 aliphatic carbocycles. The zero-order valence-electron chi connectivity index (χ0n) is 9.09. The topological polar surface area (TPSA) is 87.7 Å². The predicted molar refractivity (Wildman–Crippen MR) is 61.0 cm³/mol. The lowest BCUT2D eigenvalue weighted by molar-refractivity contribution is 0.746. The minimum Gasteiger partial charge on any atom is -0.382 e. The summed E-state index contributed by atoms with van der Waals surface area (Å²) in [6, 6.07) is 0.556. The molecule has 1 saturated carbocycles. The van der Waals surface area contributed by atoms with Crippen LogP contribution in [0.1, 0.15) is 24.7 Å². The molecule has 0 saturated heterocycles. The average molecular weight is 218 g/mol. The number of nitrogens with zero attached hydrogens (tertiary/aromatic N) is 4. The minimum absolute atomic E-state index is 0.486. The van der Waals surface area contributed by atoms with Gasteiger partial charge in [-0.25, -0.2) is 14.6 Å². The van der Waals surface area contributed by atoms with Gasteiger partial charge in [-0.05, 0) is 19.8 Å². The maximum absolute atomic E-state index is 5.92. The molecule has 84 valence electrons. The maximum atomic E-state index is 5.92. The van der Waals surface area contributed by atoms with Gasteiger partial charge in [-0.3, -0.25) is 0 Å². The summed E-state index contributed by atoms with van der Waals surface area (Å²) in [6.07, 6.45) is 6.02. The van der Waals surface area contributed by atoms with Crippen LogP contribution in [0.2, 0.25) is 0 Å². The molecule has 0 radical (unpaired) electrons. The lowest BCUT2D eigenvalue weighted by atomic mass is 10.3. The Morgan fingerprint density at radius 3 is 2.75 bits per heavy atom. The molecular weight excluding hydrogens is 204 g/mol. The van der Waals surface area contributed by atoms with E-state index in [9.17, 15) is 0 Å². The summed E-state index contributed by atoms with van der Waals surface area (Å²) in [7, 11) is 0. The van der Waals surface area contributed by atoms with Crippen LogP contribution in [-0.2, 0) is 0 Å². The van der Waals surface area contributed by atoms with Crippen molar-refractivity contribution in [2.45, 2.75) is 25.8 Å². The van der Waals surface area contributed by atoms with Gasteiger partial charge in [0.15, 0.2) is 5.82 Å². The number of rotatable bonds is 2. The maximum Gasteiger partial charge on any atom is 0.152 e. The highest BCUT2D eigenvalue weighted by Crippen LogP contribution is 2.38. The van der Waals surface area contributed by atoms with Crippen molar-refractivity contribution in [2.24, 2.45) is 0 Å². The first-order valence-electron chi connectivity index (χ1n) is 5.30. The van der Waals surface area contributed by atoms with Crippen LogP contribution in [0.4, 0.5) is 5.82 Å². The summed E-state index contributed by atoms with van der Waals surface area (Å²) in [4.78, 5) is 8.53. The number of nitrogen functional groups attached to an aromatic ring is 2. The Hall–Kier alpha value is -1.98. The van der Waals surface area contributed by atoms with Gasteiger partial charge in [0.25, 0.3) is 0 Å². The van der Waals surface area contributed by atoms with E-state index in [1.54, 1.807) is 6.20 Å². The van der Waals surface area contributed by atoms with Gasteiger partial charge in [0, 0.05) is 6.04 Å². The molecule has 2 heterocycles. The van der Waals surface area contributed by atoms with E-state index in [0.29, 0.717) is 17.7 Å². The van der Waals surface area contributed by atoms with E-state index in [2.05, 4.69) is 14.5 Å². The number of aromatic nitrogens is 4. The van der Waals surface area contributed by atoms with Crippen molar-refractivity contribution in [3.05, 3.63) is 18.3 Å². The number of imidazole rings is 2. The summed E-state index contributed by atoms with van der Waals surface area (Å²) in [5, 5.41) is 0. The molecule has 6 heteroatoms. The molecule has 6 nitrogen and oxygen atoms in total. The fraction of sp³-hybridized carbons (Fsp3) is 0.400. The molecule has 2 aromatic heterocycles. The average Bonchev–Trinajstić information content (AvgIpc) is 2.96. The molecule has 3 rings (SSSR count). The van der Waals surface area contributed by atoms with Crippen LogP contribution < -0.4 is 11.6 Å². The first-order valence-corrected chi connectivity index (χ1v) is 5.30. The monoisotopic (exact) mass is 218 g/mol. The molecule has 0 amide bonds. The summed E-state index contributed by atoms with van der Waals surface area (Å²) >= 11 is 0. The highest BCUT2D eigenvalue weighted by Gasteiger charge is 2.27. The van der Waals surface area contributed by atoms with Crippen LogP contribution in [0.15, 0.2) is 12.5 Å². The van der Waals surface area contributed by atoms with Gasteiger partial charge in [0.2, 0.25) is 0 Å². The molecule has 0 aliphatic heterocycles. The zero-order valence-corrected chi connectivity index (χ0v) is 9.09. The third-order valence-electron chi connectivity index (χ3n) is 2.97. The molecule has 0 bridgehead atoms. The van der Waals surface area contributed by atoms with Crippen LogP contribution in [0.3, 0.4) is 0 Å². The van der Waals surface area contributed by atoms with E-state index in [1.165, 1.54) is 17.5 Å². The molecular formula is C10H14N6. The van der Waals surface area contributed by atoms with E-state index in [1.807, 2.05) is 13.3 Å². The van der Waals surface area contributed by atoms with Crippen molar-refractivity contribution in [3.63, 3.8) is 0 Å². The number of nitrogens with two attached hydrogens (primary N) is 2. The Bertz CT molecular complexity index is 533.